The van der Waals surface area contributed by atoms with Gasteiger partial charge in [0.1, 0.15) is 11.8 Å². The summed E-state index contributed by atoms with van der Waals surface area (Å²) in [6.07, 6.45) is 6.79. The molecule has 2 atom stereocenters. The van der Waals surface area contributed by atoms with Gasteiger partial charge >= 0.3 is 0 Å². The van der Waals surface area contributed by atoms with Crippen molar-refractivity contribution in [3.63, 3.8) is 0 Å². The number of hydrogen-bond acceptors (Lipinski definition) is 4. The van der Waals surface area contributed by atoms with Gasteiger partial charge < -0.3 is 0 Å². The molecule has 0 saturated carbocycles. The van der Waals surface area contributed by atoms with Crippen LogP contribution in [0, 0.1) is 0 Å². The Morgan fingerprint density at radius 2 is 1.55 bits per heavy atom. The molecule has 2 aliphatic heterocycles. The predicted octanol–water partition coefficient (Wildman–Crippen LogP) is 6.79. The number of rotatable bonds is 4. The minimum Gasteiger partial charge on any atom is -0.296 e. The summed E-state index contributed by atoms with van der Waals surface area (Å²) in [6.45, 7) is 3.98. The molecule has 1 saturated heterocycles. The molecule has 0 aliphatic carbocycles. The highest BCUT2D eigenvalue weighted by molar-refractivity contribution is 6.37. The zero-order valence-electron chi connectivity index (χ0n) is 17.5. The SMILES string of the molecule is CC1(N2CCCCCCC2)C(C=O)=NN(c2ccc(Cl)cc2Cl)C1c1ccc(Cl)cc1. The van der Waals surface area contributed by atoms with Crippen LogP contribution in [-0.2, 0) is 4.79 Å². The molecule has 4 rings (SSSR count). The fraction of sp³-hybridized carbons (Fsp3) is 0.417. The third kappa shape index (κ3) is 4.36. The maximum absolute atomic E-state index is 12.3. The van der Waals surface area contributed by atoms with Crippen molar-refractivity contribution in [2.75, 3.05) is 18.1 Å². The number of nitrogens with zero attached hydrogens (tertiary/aromatic N) is 3. The van der Waals surface area contributed by atoms with Gasteiger partial charge in [-0.2, -0.15) is 5.10 Å². The van der Waals surface area contributed by atoms with E-state index < -0.39 is 5.54 Å². The third-order valence-corrected chi connectivity index (χ3v) is 7.27. The van der Waals surface area contributed by atoms with Gasteiger partial charge in [-0.05, 0) is 68.8 Å². The van der Waals surface area contributed by atoms with Gasteiger partial charge in [-0.1, -0.05) is 66.2 Å². The van der Waals surface area contributed by atoms with Gasteiger partial charge in [0.15, 0.2) is 6.29 Å². The molecule has 2 aliphatic rings. The van der Waals surface area contributed by atoms with Crippen LogP contribution in [0.25, 0.3) is 0 Å². The van der Waals surface area contributed by atoms with Crippen molar-refractivity contribution in [1.82, 2.24) is 4.90 Å². The Labute approximate surface area is 198 Å². The molecule has 0 bridgehead atoms. The van der Waals surface area contributed by atoms with E-state index in [1.807, 2.05) is 35.3 Å². The van der Waals surface area contributed by atoms with Crippen LogP contribution in [0.2, 0.25) is 15.1 Å². The molecule has 2 aromatic rings. The largest absolute Gasteiger partial charge is 0.296 e. The molecule has 2 aromatic carbocycles. The second-order valence-electron chi connectivity index (χ2n) is 8.40. The molecule has 0 N–H and O–H groups in total. The van der Waals surface area contributed by atoms with Crippen molar-refractivity contribution in [2.24, 2.45) is 5.10 Å². The van der Waals surface area contributed by atoms with Gasteiger partial charge in [0, 0.05) is 10.0 Å². The first kappa shape index (κ1) is 22.6. The first-order valence-corrected chi connectivity index (χ1v) is 11.9. The van der Waals surface area contributed by atoms with Gasteiger partial charge in [0.05, 0.1) is 16.2 Å². The maximum atomic E-state index is 12.3. The van der Waals surface area contributed by atoms with Crippen LogP contribution in [0.1, 0.15) is 50.6 Å². The first-order chi connectivity index (χ1) is 14.9. The van der Waals surface area contributed by atoms with Gasteiger partial charge in [0.25, 0.3) is 0 Å². The Bertz CT molecular complexity index is 971. The third-order valence-electron chi connectivity index (χ3n) is 6.48. The average Bonchev–Trinajstić information content (AvgIpc) is 3.01. The number of hydrogen-bond donors (Lipinski definition) is 0. The Morgan fingerprint density at radius 3 is 2.16 bits per heavy atom. The number of hydrazone groups is 1. The summed E-state index contributed by atoms with van der Waals surface area (Å²) in [7, 11) is 0. The van der Waals surface area contributed by atoms with Crippen molar-refractivity contribution in [3.8, 4) is 0 Å². The van der Waals surface area contributed by atoms with Gasteiger partial charge in [-0.25, -0.2) is 0 Å². The number of aldehydes is 1. The quantitative estimate of drug-likeness (QED) is 0.454. The Hall–Kier alpha value is -1.59. The van der Waals surface area contributed by atoms with Gasteiger partial charge in [0.2, 0.25) is 0 Å². The minimum absolute atomic E-state index is 0.233. The lowest BCUT2D eigenvalue weighted by Gasteiger charge is -2.44. The van der Waals surface area contributed by atoms with Crippen molar-refractivity contribution in [2.45, 2.75) is 50.6 Å². The molecule has 4 nitrogen and oxygen atoms in total. The highest BCUT2D eigenvalue weighted by atomic mass is 35.5. The van der Waals surface area contributed by atoms with Crippen LogP contribution in [0.5, 0.6) is 0 Å². The van der Waals surface area contributed by atoms with Gasteiger partial charge in [-0.3, -0.25) is 14.7 Å². The highest BCUT2D eigenvalue weighted by Crippen LogP contribution is 2.47. The minimum atomic E-state index is -0.601. The summed E-state index contributed by atoms with van der Waals surface area (Å²) in [4.78, 5) is 14.7. The fourth-order valence-electron chi connectivity index (χ4n) is 4.81. The van der Waals surface area contributed by atoms with Crippen molar-refractivity contribution in [1.29, 1.82) is 0 Å². The molecule has 2 unspecified atom stereocenters. The number of carbonyl (C=O) groups excluding carboxylic acids is 1. The van der Waals surface area contributed by atoms with Gasteiger partial charge in [-0.15, -0.1) is 0 Å². The van der Waals surface area contributed by atoms with Crippen LogP contribution in [0.3, 0.4) is 0 Å². The molecule has 0 radical (unpaired) electrons. The van der Waals surface area contributed by atoms with Crippen molar-refractivity contribution < 1.29 is 4.79 Å². The number of halogens is 3. The summed E-state index contributed by atoms with van der Waals surface area (Å²) in [5, 5.41) is 8.41. The van der Waals surface area contributed by atoms with E-state index in [1.54, 1.807) is 12.1 Å². The zero-order chi connectivity index (χ0) is 22.0. The predicted molar refractivity (Wildman–Crippen MR) is 130 cm³/mol. The summed E-state index contributed by atoms with van der Waals surface area (Å²) in [5.74, 6) is 0. The highest BCUT2D eigenvalue weighted by Gasteiger charge is 2.52. The topological polar surface area (TPSA) is 35.9 Å². The van der Waals surface area contributed by atoms with Crippen LogP contribution >= 0.6 is 34.8 Å². The summed E-state index contributed by atoms with van der Waals surface area (Å²) < 4.78 is 0. The second kappa shape index (κ2) is 9.50. The molecule has 0 amide bonds. The maximum Gasteiger partial charge on any atom is 0.168 e. The molecule has 0 spiro atoms. The molecule has 31 heavy (non-hydrogen) atoms. The lowest BCUT2D eigenvalue weighted by Crippen LogP contribution is -2.57. The van der Waals surface area contributed by atoms with E-state index in [0.717, 1.165) is 43.5 Å². The monoisotopic (exact) mass is 477 g/mol. The van der Waals surface area contributed by atoms with E-state index >= 15 is 0 Å². The molecule has 1 fully saturated rings. The Kier molecular flexibility index (Phi) is 6.92. The first-order valence-electron chi connectivity index (χ1n) is 10.7. The molecule has 164 valence electrons. The number of benzene rings is 2. The standard InChI is InChI=1S/C24H26Cl3N3O/c1-24(29-13-5-3-2-4-6-14-29)22(16-31)28-30(21-12-11-19(26)15-20(21)27)23(24)17-7-9-18(25)10-8-17/h7-12,15-16,23H,2-6,13-14H2,1H3. The second-order valence-corrected chi connectivity index (χ2v) is 9.68. The Balaban J connectivity index is 1.86. The van der Waals surface area contributed by atoms with Crippen LogP contribution in [0.4, 0.5) is 5.69 Å². The van der Waals surface area contributed by atoms with E-state index in [2.05, 4.69) is 11.8 Å². The molecular formula is C24H26Cl3N3O. The van der Waals surface area contributed by atoms with Crippen molar-refractivity contribution >= 4 is 52.5 Å². The van der Waals surface area contributed by atoms with E-state index in [0.29, 0.717) is 20.8 Å². The number of likely N-dealkylation sites (tertiary alicyclic amines) is 1. The van der Waals surface area contributed by atoms with E-state index in [1.165, 1.54) is 19.3 Å². The van der Waals surface area contributed by atoms with Crippen molar-refractivity contribution in [3.05, 3.63) is 63.1 Å². The smallest absolute Gasteiger partial charge is 0.168 e. The summed E-state index contributed by atoms with van der Waals surface area (Å²) in [6, 6.07) is 12.9. The van der Waals surface area contributed by atoms with Crippen LogP contribution in [0.15, 0.2) is 47.6 Å². The fourth-order valence-corrected chi connectivity index (χ4v) is 5.43. The summed E-state index contributed by atoms with van der Waals surface area (Å²) >= 11 is 18.9. The number of anilines is 1. The van der Waals surface area contributed by atoms with E-state index in [-0.39, 0.29) is 6.04 Å². The number of carbonyl (C=O) groups is 1. The molecular weight excluding hydrogens is 453 g/mol. The Morgan fingerprint density at radius 1 is 0.935 bits per heavy atom. The molecule has 2 heterocycles. The van der Waals surface area contributed by atoms with E-state index in [9.17, 15) is 4.79 Å². The lowest BCUT2D eigenvalue weighted by atomic mass is 9.81. The zero-order valence-corrected chi connectivity index (χ0v) is 19.8. The lowest BCUT2D eigenvalue weighted by molar-refractivity contribution is -0.103. The average molecular weight is 479 g/mol. The molecule has 0 aromatic heterocycles. The van der Waals surface area contributed by atoms with Crippen LogP contribution in [-0.4, -0.2) is 35.5 Å². The molecule has 7 heteroatoms. The normalized spacial score (nSPS) is 25.1. The van der Waals surface area contributed by atoms with E-state index in [4.69, 9.17) is 39.9 Å². The summed E-state index contributed by atoms with van der Waals surface area (Å²) in [5.41, 5.74) is 1.66. The van der Waals surface area contributed by atoms with Crippen LogP contribution < -0.4 is 5.01 Å².